The molecule has 1 heterocycles. The molecule has 1 N–H and O–H groups in total. The van der Waals surface area contributed by atoms with Crippen molar-refractivity contribution < 1.29 is 19.4 Å². The van der Waals surface area contributed by atoms with Crippen molar-refractivity contribution >= 4 is 11.9 Å². The lowest BCUT2D eigenvalue weighted by Gasteiger charge is -2.48. The predicted molar refractivity (Wildman–Crippen MR) is 92.2 cm³/mol. The van der Waals surface area contributed by atoms with E-state index in [0.717, 1.165) is 25.7 Å². The Labute approximate surface area is 145 Å². The molecule has 1 amide bonds. The monoisotopic (exact) mass is 337 g/mol. The molecule has 5 nitrogen and oxygen atoms in total. The van der Waals surface area contributed by atoms with Crippen molar-refractivity contribution in [1.82, 2.24) is 4.90 Å². The first-order valence-corrected chi connectivity index (χ1v) is 8.97. The molecule has 136 valence electrons. The van der Waals surface area contributed by atoms with Crippen LogP contribution in [0.1, 0.15) is 52.9 Å². The summed E-state index contributed by atoms with van der Waals surface area (Å²) in [5.74, 6) is -1.04. The number of methoxy groups -OCH3 is 1. The Kier molecular flexibility index (Phi) is 5.43. The van der Waals surface area contributed by atoms with Crippen LogP contribution in [-0.4, -0.2) is 47.7 Å². The van der Waals surface area contributed by atoms with Gasteiger partial charge in [0.15, 0.2) is 5.54 Å². The molecule has 1 aliphatic carbocycles. The van der Waals surface area contributed by atoms with E-state index in [1.165, 1.54) is 12.0 Å². The summed E-state index contributed by atoms with van der Waals surface area (Å²) in [5.41, 5.74) is -2.07. The number of likely N-dealkylation sites (N-methyl/N-ethyl adjacent to an activating group) is 1. The van der Waals surface area contributed by atoms with Crippen molar-refractivity contribution in [2.24, 2.45) is 17.3 Å². The molecule has 0 aromatic heterocycles. The van der Waals surface area contributed by atoms with E-state index in [-0.39, 0.29) is 17.7 Å². The maximum absolute atomic E-state index is 12.9. The van der Waals surface area contributed by atoms with Crippen LogP contribution in [0.4, 0.5) is 0 Å². The average Bonchev–Trinajstić information content (AvgIpc) is 2.73. The second-order valence-corrected chi connectivity index (χ2v) is 7.69. The third kappa shape index (κ3) is 2.48. The van der Waals surface area contributed by atoms with Gasteiger partial charge >= 0.3 is 5.97 Å². The Balaban J connectivity index is 2.57. The molecule has 0 spiro atoms. The first kappa shape index (κ1) is 19.0. The summed E-state index contributed by atoms with van der Waals surface area (Å²) in [6, 6.07) is 0. The Morgan fingerprint density at radius 3 is 2.67 bits per heavy atom. The zero-order valence-corrected chi connectivity index (χ0v) is 15.5. The van der Waals surface area contributed by atoms with E-state index in [4.69, 9.17) is 4.74 Å². The van der Waals surface area contributed by atoms with Crippen LogP contribution >= 0.6 is 0 Å². The first-order chi connectivity index (χ1) is 11.3. The summed E-state index contributed by atoms with van der Waals surface area (Å²) in [6.45, 7) is 5.87. The van der Waals surface area contributed by atoms with Crippen molar-refractivity contribution in [3.05, 3.63) is 12.2 Å². The molecule has 0 aromatic rings. The molecule has 5 heteroatoms. The summed E-state index contributed by atoms with van der Waals surface area (Å²) in [7, 11) is 2.96. The van der Waals surface area contributed by atoms with Gasteiger partial charge in [0.25, 0.3) is 0 Å². The van der Waals surface area contributed by atoms with Gasteiger partial charge in [-0.25, -0.2) is 4.79 Å². The third-order valence-corrected chi connectivity index (χ3v) is 6.21. The molecule has 1 aliphatic heterocycles. The second kappa shape index (κ2) is 6.87. The summed E-state index contributed by atoms with van der Waals surface area (Å²) < 4.78 is 5.11. The van der Waals surface area contributed by atoms with Gasteiger partial charge in [0, 0.05) is 24.3 Å². The maximum atomic E-state index is 12.9. The van der Waals surface area contributed by atoms with E-state index < -0.39 is 23.0 Å². The van der Waals surface area contributed by atoms with E-state index in [1.54, 1.807) is 7.05 Å². The number of aliphatic hydroxyl groups excluding tert-OH is 1. The highest BCUT2D eigenvalue weighted by atomic mass is 16.5. The Bertz CT molecular complexity index is 527. The highest BCUT2D eigenvalue weighted by molar-refractivity contribution is 5.95. The topological polar surface area (TPSA) is 66.8 Å². The largest absolute Gasteiger partial charge is 0.467 e. The van der Waals surface area contributed by atoms with Gasteiger partial charge in [-0.05, 0) is 25.7 Å². The number of nitrogens with zero attached hydrogens (tertiary/aromatic N) is 1. The number of rotatable bonds is 5. The van der Waals surface area contributed by atoms with Crippen LogP contribution in [0.5, 0.6) is 0 Å². The zero-order valence-electron chi connectivity index (χ0n) is 15.5. The van der Waals surface area contributed by atoms with Crippen LogP contribution in [0.2, 0.25) is 0 Å². The molecule has 2 aliphatic rings. The van der Waals surface area contributed by atoms with Gasteiger partial charge in [-0.1, -0.05) is 39.3 Å². The Morgan fingerprint density at radius 1 is 1.50 bits per heavy atom. The van der Waals surface area contributed by atoms with Crippen LogP contribution in [-0.2, 0) is 14.3 Å². The fourth-order valence-electron chi connectivity index (χ4n) is 4.85. The van der Waals surface area contributed by atoms with Gasteiger partial charge in [-0.3, -0.25) is 4.79 Å². The SMILES string of the molecule is CCC[C@H]1C(=O)N(C)[C@@](C(=O)OC)([C@H](O)[C@@H]2C=CCCC2)C1(C)C. The van der Waals surface area contributed by atoms with Crippen LogP contribution < -0.4 is 0 Å². The quantitative estimate of drug-likeness (QED) is 0.618. The third-order valence-electron chi connectivity index (χ3n) is 6.21. The van der Waals surface area contributed by atoms with E-state index >= 15 is 0 Å². The van der Waals surface area contributed by atoms with Gasteiger partial charge in [0.1, 0.15) is 0 Å². The number of ether oxygens (including phenoxy) is 1. The molecule has 0 aromatic carbocycles. The summed E-state index contributed by atoms with van der Waals surface area (Å²) in [4.78, 5) is 27.3. The van der Waals surface area contributed by atoms with Crippen molar-refractivity contribution in [3.8, 4) is 0 Å². The minimum Gasteiger partial charge on any atom is -0.467 e. The van der Waals surface area contributed by atoms with Crippen LogP contribution in [0, 0.1) is 17.3 Å². The maximum Gasteiger partial charge on any atom is 0.335 e. The zero-order chi connectivity index (χ0) is 18.1. The molecule has 4 atom stereocenters. The number of hydrogen-bond donors (Lipinski definition) is 1. The summed E-state index contributed by atoms with van der Waals surface area (Å²) >= 11 is 0. The van der Waals surface area contributed by atoms with Crippen LogP contribution in [0.15, 0.2) is 12.2 Å². The van der Waals surface area contributed by atoms with Gasteiger partial charge in [-0.2, -0.15) is 0 Å². The average molecular weight is 337 g/mol. The lowest BCUT2D eigenvalue weighted by Crippen LogP contribution is -2.67. The normalized spacial score (nSPS) is 33.6. The molecular formula is C19H31NO4. The first-order valence-electron chi connectivity index (χ1n) is 8.97. The Morgan fingerprint density at radius 2 is 2.17 bits per heavy atom. The van der Waals surface area contributed by atoms with Crippen molar-refractivity contribution in [2.45, 2.75) is 64.5 Å². The van der Waals surface area contributed by atoms with Gasteiger partial charge < -0.3 is 14.7 Å². The molecule has 1 saturated heterocycles. The minimum atomic E-state index is -1.36. The predicted octanol–water partition coefficient (Wildman–Crippen LogP) is 2.53. The fraction of sp³-hybridized carbons (Fsp3) is 0.789. The molecule has 0 unspecified atom stereocenters. The molecule has 0 bridgehead atoms. The number of likely N-dealkylation sites (tertiary alicyclic amines) is 1. The molecule has 1 fully saturated rings. The van der Waals surface area contributed by atoms with Crippen molar-refractivity contribution in [1.29, 1.82) is 0 Å². The van der Waals surface area contributed by atoms with E-state index in [2.05, 4.69) is 6.08 Å². The number of carbonyl (C=O) groups excluding carboxylic acids is 2. The van der Waals surface area contributed by atoms with E-state index in [9.17, 15) is 14.7 Å². The van der Waals surface area contributed by atoms with E-state index in [0.29, 0.717) is 6.42 Å². The molecule has 2 rings (SSSR count). The molecular weight excluding hydrogens is 306 g/mol. The number of allylic oxidation sites excluding steroid dienone is 1. The van der Waals surface area contributed by atoms with Crippen LogP contribution in [0.3, 0.4) is 0 Å². The highest BCUT2D eigenvalue weighted by Crippen LogP contribution is 2.54. The summed E-state index contributed by atoms with van der Waals surface area (Å²) in [6.07, 6.45) is 7.39. The Hall–Kier alpha value is -1.36. The van der Waals surface area contributed by atoms with Crippen LogP contribution in [0.25, 0.3) is 0 Å². The van der Waals surface area contributed by atoms with E-state index in [1.807, 2.05) is 26.8 Å². The number of hydrogen-bond acceptors (Lipinski definition) is 4. The second-order valence-electron chi connectivity index (χ2n) is 7.69. The molecule has 24 heavy (non-hydrogen) atoms. The van der Waals surface area contributed by atoms with Gasteiger partial charge in [0.05, 0.1) is 13.2 Å². The smallest absolute Gasteiger partial charge is 0.335 e. The lowest BCUT2D eigenvalue weighted by molar-refractivity contribution is -0.175. The number of amides is 1. The van der Waals surface area contributed by atoms with Gasteiger partial charge in [0.2, 0.25) is 5.91 Å². The lowest BCUT2D eigenvalue weighted by atomic mass is 9.61. The molecule has 0 radical (unpaired) electrons. The van der Waals surface area contributed by atoms with Gasteiger partial charge in [-0.15, -0.1) is 0 Å². The van der Waals surface area contributed by atoms with Crippen molar-refractivity contribution in [2.75, 3.05) is 14.2 Å². The number of carbonyl (C=O) groups is 2. The highest BCUT2D eigenvalue weighted by Gasteiger charge is 2.70. The fourth-order valence-corrected chi connectivity index (χ4v) is 4.85. The summed E-state index contributed by atoms with van der Waals surface area (Å²) in [5, 5.41) is 11.3. The van der Waals surface area contributed by atoms with Crippen molar-refractivity contribution in [3.63, 3.8) is 0 Å². The number of aliphatic hydroxyl groups is 1. The molecule has 0 saturated carbocycles. The standard InChI is InChI=1S/C19H31NO4/c1-6-10-14-16(22)20(4)19(17(23)24-5,18(14,2)3)15(21)13-11-8-7-9-12-13/h8,11,13-15,21H,6-7,9-10,12H2,1-5H3/t13-,14+,15-,19-/m1/s1. The number of esters is 1. The minimum absolute atomic E-state index is 0.0777.